The predicted octanol–water partition coefficient (Wildman–Crippen LogP) is 5.18. The Balaban J connectivity index is 2.31. The molecule has 19 heavy (non-hydrogen) atoms. The van der Waals surface area contributed by atoms with Crippen LogP contribution in [0.4, 0.5) is 4.39 Å². The fraction of sp³-hybridized carbons (Fsp3) is 0.0769. The summed E-state index contributed by atoms with van der Waals surface area (Å²) in [6, 6.07) is 7.41. The van der Waals surface area contributed by atoms with Crippen molar-refractivity contribution in [3.63, 3.8) is 0 Å². The minimum absolute atomic E-state index is 0.00730. The Morgan fingerprint density at radius 1 is 1.16 bits per heavy atom. The van der Waals surface area contributed by atoms with Crippen LogP contribution in [0.2, 0.25) is 10.0 Å². The van der Waals surface area contributed by atoms with Crippen molar-refractivity contribution in [1.29, 1.82) is 0 Å². The molecule has 0 fully saturated rings. The van der Waals surface area contributed by atoms with Gasteiger partial charge in [0.2, 0.25) is 0 Å². The molecule has 0 heterocycles. The van der Waals surface area contributed by atoms with Crippen LogP contribution in [-0.2, 0) is 6.61 Å². The second-order valence-electron chi connectivity index (χ2n) is 3.71. The molecule has 0 saturated carbocycles. The van der Waals surface area contributed by atoms with Gasteiger partial charge in [0.1, 0.15) is 17.3 Å². The molecule has 100 valence electrons. The zero-order valence-corrected chi connectivity index (χ0v) is 12.6. The van der Waals surface area contributed by atoms with Crippen molar-refractivity contribution in [2.24, 2.45) is 0 Å². The zero-order chi connectivity index (χ0) is 14.0. The normalized spacial score (nSPS) is 10.6. The Labute approximate surface area is 127 Å². The van der Waals surface area contributed by atoms with Crippen molar-refractivity contribution in [2.45, 2.75) is 6.61 Å². The number of benzene rings is 2. The van der Waals surface area contributed by atoms with Crippen molar-refractivity contribution >= 4 is 39.1 Å². The standard InChI is InChI=1S/C13H8BrCl2FO2/c14-9-4-11(16)12(17)5-13(9)19-8-2-1-7(6-18)10(15)3-8/h1-5,18H,6H2. The van der Waals surface area contributed by atoms with Crippen molar-refractivity contribution in [1.82, 2.24) is 0 Å². The number of halogens is 4. The Kier molecular flexibility index (Phi) is 4.68. The van der Waals surface area contributed by atoms with Crippen LogP contribution < -0.4 is 4.74 Å². The van der Waals surface area contributed by atoms with Gasteiger partial charge in [-0.15, -0.1) is 0 Å². The number of rotatable bonds is 3. The maximum absolute atomic E-state index is 13.4. The van der Waals surface area contributed by atoms with Crippen molar-refractivity contribution < 1.29 is 14.2 Å². The molecule has 2 aromatic carbocycles. The monoisotopic (exact) mass is 364 g/mol. The largest absolute Gasteiger partial charge is 0.456 e. The molecule has 1 N–H and O–H groups in total. The topological polar surface area (TPSA) is 29.5 Å². The molecule has 0 spiro atoms. The predicted molar refractivity (Wildman–Crippen MR) is 76.6 cm³/mol. The van der Waals surface area contributed by atoms with Gasteiger partial charge in [-0.05, 0) is 39.7 Å². The zero-order valence-electron chi connectivity index (χ0n) is 9.46. The summed E-state index contributed by atoms with van der Waals surface area (Å²) in [4.78, 5) is 0. The SMILES string of the molecule is OCc1ccc(Oc2cc(F)c(Cl)cc2Br)cc1Cl. The average Bonchev–Trinajstić information content (AvgIpc) is 2.36. The Morgan fingerprint density at radius 3 is 2.53 bits per heavy atom. The molecule has 0 bridgehead atoms. The number of ether oxygens (including phenoxy) is 1. The van der Waals surface area contributed by atoms with Gasteiger partial charge in [0.25, 0.3) is 0 Å². The summed E-state index contributed by atoms with van der Waals surface area (Å²) in [7, 11) is 0. The molecule has 0 atom stereocenters. The van der Waals surface area contributed by atoms with Crippen LogP contribution in [-0.4, -0.2) is 5.11 Å². The number of aliphatic hydroxyl groups is 1. The van der Waals surface area contributed by atoms with Crippen LogP contribution >= 0.6 is 39.1 Å². The van der Waals surface area contributed by atoms with Crippen LogP contribution in [0.1, 0.15) is 5.56 Å². The molecule has 0 aliphatic rings. The van der Waals surface area contributed by atoms with Gasteiger partial charge in [0.15, 0.2) is 0 Å². The lowest BCUT2D eigenvalue weighted by atomic mass is 10.2. The molecule has 2 rings (SSSR count). The first-order valence-electron chi connectivity index (χ1n) is 5.23. The first-order chi connectivity index (χ1) is 9.01. The van der Waals surface area contributed by atoms with Gasteiger partial charge in [-0.1, -0.05) is 29.3 Å². The van der Waals surface area contributed by atoms with Gasteiger partial charge in [-0.2, -0.15) is 0 Å². The second kappa shape index (κ2) is 6.09. The summed E-state index contributed by atoms with van der Waals surface area (Å²) in [5.41, 5.74) is 0.593. The molecular weight excluding hydrogens is 358 g/mol. The van der Waals surface area contributed by atoms with Crippen LogP contribution in [0.5, 0.6) is 11.5 Å². The van der Waals surface area contributed by atoms with Crippen LogP contribution in [0, 0.1) is 5.82 Å². The molecule has 2 aromatic rings. The van der Waals surface area contributed by atoms with E-state index in [1.165, 1.54) is 12.1 Å². The summed E-state index contributed by atoms with van der Waals surface area (Å²) >= 11 is 14.8. The quantitative estimate of drug-likeness (QED) is 0.759. The van der Waals surface area contributed by atoms with Crippen LogP contribution in [0.3, 0.4) is 0 Å². The summed E-state index contributed by atoms with van der Waals surface area (Å²) < 4.78 is 19.4. The summed E-state index contributed by atoms with van der Waals surface area (Å²) in [6.07, 6.45) is 0. The molecule has 0 saturated heterocycles. The van der Waals surface area contributed by atoms with E-state index in [1.807, 2.05) is 0 Å². The summed E-state index contributed by atoms with van der Waals surface area (Å²) in [6.45, 7) is -0.154. The molecule has 0 unspecified atom stereocenters. The first kappa shape index (κ1) is 14.6. The average molecular weight is 366 g/mol. The van der Waals surface area contributed by atoms with E-state index in [-0.39, 0.29) is 17.4 Å². The summed E-state index contributed by atoms with van der Waals surface area (Å²) in [5, 5.41) is 9.40. The highest BCUT2D eigenvalue weighted by Gasteiger charge is 2.10. The lowest BCUT2D eigenvalue weighted by Gasteiger charge is -2.10. The van der Waals surface area contributed by atoms with Crippen molar-refractivity contribution in [3.05, 3.63) is 56.2 Å². The van der Waals surface area contributed by atoms with E-state index in [0.29, 0.717) is 20.8 Å². The van der Waals surface area contributed by atoms with Gasteiger partial charge < -0.3 is 9.84 Å². The van der Waals surface area contributed by atoms with Crippen LogP contribution in [0.15, 0.2) is 34.8 Å². The number of aliphatic hydroxyl groups excluding tert-OH is 1. The minimum atomic E-state index is -0.571. The maximum Gasteiger partial charge on any atom is 0.145 e. The molecule has 2 nitrogen and oxygen atoms in total. The summed E-state index contributed by atoms with van der Waals surface area (Å²) in [5.74, 6) is 0.150. The van der Waals surface area contributed by atoms with E-state index < -0.39 is 5.82 Å². The molecule has 0 amide bonds. The van der Waals surface area contributed by atoms with E-state index in [1.54, 1.807) is 18.2 Å². The highest BCUT2D eigenvalue weighted by Crippen LogP contribution is 2.34. The van der Waals surface area contributed by atoms with Crippen molar-refractivity contribution in [3.8, 4) is 11.5 Å². The Bertz CT molecular complexity index is 620. The fourth-order valence-corrected chi connectivity index (χ4v) is 2.38. The molecule has 0 aliphatic carbocycles. The maximum atomic E-state index is 13.4. The molecule has 0 aromatic heterocycles. The molecule has 6 heteroatoms. The Hall–Kier alpha value is -0.810. The minimum Gasteiger partial charge on any atom is -0.456 e. The number of hydrogen-bond donors (Lipinski definition) is 1. The smallest absolute Gasteiger partial charge is 0.145 e. The fourth-order valence-electron chi connectivity index (χ4n) is 1.43. The van der Waals surface area contributed by atoms with E-state index in [9.17, 15) is 4.39 Å². The molecule has 0 aliphatic heterocycles. The van der Waals surface area contributed by atoms with E-state index in [2.05, 4.69) is 15.9 Å². The van der Waals surface area contributed by atoms with E-state index in [0.717, 1.165) is 0 Å². The van der Waals surface area contributed by atoms with Crippen molar-refractivity contribution in [2.75, 3.05) is 0 Å². The van der Waals surface area contributed by atoms with Gasteiger partial charge in [-0.25, -0.2) is 4.39 Å². The van der Waals surface area contributed by atoms with Gasteiger partial charge >= 0.3 is 0 Å². The van der Waals surface area contributed by atoms with Crippen LogP contribution in [0.25, 0.3) is 0 Å². The Morgan fingerprint density at radius 2 is 1.89 bits per heavy atom. The highest BCUT2D eigenvalue weighted by molar-refractivity contribution is 9.10. The van der Waals surface area contributed by atoms with E-state index in [4.69, 9.17) is 33.0 Å². The molecular formula is C13H8BrCl2FO2. The van der Waals surface area contributed by atoms with E-state index >= 15 is 0 Å². The lowest BCUT2D eigenvalue weighted by Crippen LogP contribution is -1.90. The highest BCUT2D eigenvalue weighted by atomic mass is 79.9. The first-order valence-corrected chi connectivity index (χ1v) is 6.78. The molecule has 0 radical (unpaired) electrons. The third-order valence-electron chi connectivity index (χ3n) is 2.40. The third-order valence-corrected chi connectivity index (χ3v) is 3.66. The van der Waals surface area contributed by atoms with Gasteiger partial charge in [0.05, 0.1) is 16.1 Å². The van der Waals surface area contributed by atoms with Gasteiger partial charge in [-0.3, -0.25) is 0 Å². The third kappa shape index (κ3) is 3.39. The lowest BCUT2D eigenvalue weighted by molar-refractivity contribution is 0.282. The number of hydrogen-bond acceptors (Lipinski definition) is 2. The second-order valence-corrected chi connectivity index (χ2v) is 5.38. The van der Waals surface area contributed by atoms with Gasteiger partial charge in [0, 0.05) is 11.1 Å².